The Hall–Kier alpha value is -3.98. The Morgan fingerprint density at radius 3 is 2.35 bits per heavy atom. The van der Waals surface area contributed by atoms with E-state index in [1.54, 1.807) is 31.4 Å². The summed E-state index contributed by atoms with van der Waals surface area (Å²) in [5.74, 6) is -0.622. The molecule has 0 radical (unpaired) electrons. The van der Waals surface area contributed by atoms with Gasteiger partial charge in [0, 0.05) is 6.42 Å². The molecule has 0 bridgehead atoms. The van der Waals surface area contributed by atoms with Crippen LogP contribution in [-0.2, 0) is 14.8 Å². The fraction of sp³-hybridized carbons (Fsp3) is 0.160. The van der Waals surface area contributed by atoms with Crippen molar-refractivity contribution in [3.05, 3.63) is 95.6 Å². The molecule has 1 atom stereocenters. The van der Waals surface area contributed by atoms with Crippen molar-refractivity contribution in [2.24, 2.45) is 5.10 Å². The molecule has 0 aliphatic carbocycles. The molecule has 0 unspecified atom stereocenters. The molecule has 8 nitrogen and oxygen atoms in total. The Balaban J connectivity index is 1.47. The molecule has 0 saturated heterocycles. The summed E-state index contributed by atoms with van der Waals surface area (Å²) in [6.07, 6.45) is 0.447. The zero-order chi connectivity index (χ0) is 23.9. The number of ether oxygens (including phenoxy) is 1. The van der Waals surface area contributed by atoms with Gasteiger partial charge in [-0.25, -0.2) is 17.7 Å². The Bertz CT molecular complexity index is 1400. The first-order chi connectivity index (χ1) is 16.4. The fourth-order valence-corrected chi connectivity index (χ4v) is 5.73. The molecule has 0 fully saturated rings. The van der Waals surface area contributed by atoms with Crippen LogP contribution in [0.1, 0.15) is 33.9 Å². The summed E-state index contributed by atoms with van der Waals surface area (Å²) >= 11 is 0. The molecule has 5 rings (SSSR count). The van der Waals surface area contributed by atoms with Gasteiger partial charge in [0.05, 0.1) is 24.4 Å². The summed E-state index contributed by atoms with van der Waals surface area (Å²) in [5.41, 5.74) is 2.46. The summed E-state index contributed by atoms with van der Waals surface area (Å²) < 4.78 is 31.7. The van der Waals surface area contributed by atoms with Crippen molar-refractivity contribution in [3.8, 4) is 5.75 Å². The van der Waals surface area contributed by atoms with E-state index in [1.165, 1.54) is 17.1 Å². The second-order valence-electron chi connectivity index (χ2n) is 7.96. The number of hydrogen-bond acceptors (Lipinski definition) is 6. The minimum Gasteiger partial charge on any atom is -0.497 e. The third-order valence-electron chi connectivity index (χ3n) is 5.96. The van der Waals surface area contributed by atoms with Crippen LogP contribution >= 0.6 is 0 Å². The summed E-state index contributed by atoms with van der Waals surface area (Å²) in [6.45, 7) is -0.631. The van der Waals surface area contributed by atoms with Crippen molar-refractivity contribution >= 4 is 27.5 Å². The fourth-order valence-electron chi connectivity index (χ4n) is 4.21. The molecule has 2 aliphatic rings. The van der Waals surface area contributed by atoms with E-state index in [2.05, 4.69) is 5.10 Å². The smallest absolute Gasteiger partial charge is 0.269 e. The summed E-state index contributed by atoms with van der Waals surface area (Å²) in [7, 11) is -2.53. The van der Waals surface area contributed by atoms with E-state index >= 15 is 0 Å². The van der Waals surface area contributed by atoms with Gasteiger partial charge in [-0.05, 0) is 35.4 Å². The van der Waals surface area contributed by atoms with Gasteiger partial charge < -0.3 is 4.74 Å². The molecule has 3 aromatic rings. The first-order valence-corrected chi connectivity index (χ1v) is 12.1. The van der Waals surface area contributed by atoms with Crippen LogP contribution in [-0.4, -0.2) is 48.9 Å². The molecule has 172 valence electrons. The van der Waals surface area contributed by atoms with Crippen molar-refractivity contribution in [2.45, 2.75) is 17.4 Å². The van der Waals surface area contributed by atoms with Gasteiger partial charge in [0.2, 0.25) is 0 Å². The molecule has 0 saturated carbocycles. The van der Waals surface area contributed by atoms with Gasteiger partial charge in [0.25, 0.3) is 21.8 Å². The number of fused-ring (bicyclic) bond motifs is 1. The standard InChI is InChI=1S/C25H21N3O5S/c1-33-19-13-11-18(12-14-19)22-15-21(17-7-3-2-4-8-17)26-28(22)24(29)16-27-25(30)20-9-5-6-10-23(20)34(27,31)32/h2-14,22H,15-16H2,1H3/t22-/m0/s1. The molecule has 34 heavy (non-hydrogen) atoms. The van der Waals surface area contributed by atoms with E-state index in [0.717, 1.165) is 11.1 Å². The van der Waals surface area contributed by atoms with Crippen LogP contribution in [0.2, 0.25) is 0 Å². The Morgan fingerprint density at radius 1 is 1.00 bits per heavy atom. The van der Waals surface area contributed by atoms with Crippen LogP contribution in [0.15, 0.2) is 88.9 Å². The summed E-state index contributed by atoms with van der Waals surface area (Å²) in [6, 6.07) is 22.3. The van der Waals surface area contributed by atoms with E-state index in [1.807, 2.05) is 42.5 Å². The lowest BCUT2D eigenvalue weighted by Crippen LogP contribution is -2.41. The highest BCUT2D eigenvalue weighted by Crippen LogP contribution is 2.35. The zero-order valence-corrected chi connectivity index (χ0v) is 19.1. The van der Waals surface area contributed by atoms with E-state index in [4.69, 9.17) is 4.74 Å². The van der Waals surface area contributed by atoms with Crippen molar-refractivity contribution in [1.82, 2.24) is 9.31 Å². The number of methoxy groups -OCH3 is 1. The Morgan fingerprint density at radius 2 is 1.68 bits per heavy atom. The maximum atomic E-state index is 13.4. The maximum absolute atomic E-state index is 13.4. The molecule has 3 aromatic carbocycles. The van der Waals surface area contributed by atoms with Crippen LogP contribution in [0.3, 0.4) is 0 Å². The average molecular weight is 476 g/mol. The third kappa shape index (κ3) is 3.63. The lowest BCUT2D eigenvalue weighted by Gasteiger charge is -2.24. The van der Waals surface area contributed by atoms with Gasteiger partial charge in [-0.3, -0.25) is 9.59 Å². The molecule has 9 heteroatoms. The SMILES string of the molecule is COc1ccc([C@@H]2CC(c3ccccc3)=NN2C(=O)CN2C(=O)c3ccccc3S2(=O)=O)cc1. The average Bonchev–Trinajstić information content (AvgIpc) is 3.39. The number of amides is 2. The zero-order valence-electron chi connectivity index (χ0n) is 18.3. The number of sulfonamides is 1. The van der Waals surface area contributed by atoms with Crippen molar-refractivity contribution in [1.29, 1.82) is 0 Å². The summed E-state index contributed by atoms with van der Waals surface area (Å²) in [4.78, 5) is 26.1. The number of hydrazone groups is 1. The molecule has 0 N–H and O–H groups in total. The molecule has 0 spiro atoms. The number of carbonyl (C=O) groups excluding carboxylic acids is 2. The minimum atomic E-state index is -4.11. The van der Waals surface area contributed by atoms with Gasteiger partial charge in [-0.1, -0.05) is 54.6 Å². The normalized spacial score (nSPS) is 18.6. The quantitative estimate of drug-likeness (QED) is 0.565. The van der Waals surface area contributed by atoms with Gasteiger partial charge in [0.15, 0.2) is 0 Å². The van der Waals surface area contributed by atoms with Crippen LogP contribution in [0.5, 0.6) is 5.75 Å². The number of hydrogen-bond donors (Lipinski definition) is 0. The van der Waals surface area contributed by atoms with Gasteiger partial charge in [-0.15, -0.1) is 0 Å². The van der Waals surface area contributed by atoms with Crippen LogP contribution in [0, 0.1) is 0 Å². The first-order valence-electron chi connectivity index (χ1n) is 10.6. The monoisotopic (exact) mass is 475 g/mol. The summed E-state index contributed by atoms with van der Waals surface area (Å²) in [5, 5.41) is 5.85. The highest BCUT2D eigenvalue weighted by atomic mass is 32.2. The van der Waals surface area contributed by atoms with E-state index in [0.29, 0.717) is 22.2 Å². The van der Waals surface area contributed by atoms with Crippen molar-refractivity contribution in [3.63, 3.8) is 0 Å². The topological polar surface area (TPSA) is 96.3 Å². The first kappa shape index (κ1) is 21.8. The second-order valence-corrected chi connectivity index (χ2v) is 9.79. The molecule has 0 aromatic heterocycles. The lowest BCUT2D eigenvalue weighted by molar-refractivity contribution is -0.132. The minimum absolute atomic E-state index is 0.0666. The molecule has 2 heterocycles. The molecule has 2 aliphatic heterocycles. The van der Waals surface area contributed by atoms with Gasteiger partial charge in [-0.2, -0.15) is 5.10 Å². The van der Waals surface area contributed by atoms with E-state index in [9.17, 15) is 18.0 Å². The maximum Gasteiger partial charge on any atom is 0.269 e. The second kappa shape index (κ2) is 8.42. The third-order valence-corrected chi connectivity index (χ3v) is 7.75. The largest absolute Gasteiger partial charge is 0.497 e. The Labute approximate surface area is 197 Å². The molecular weight excluding hydrogens is 454 g/mol. The van der Waals surface area contributed by atoms with Gasteiger partial charge >= 0.3 is 0 Å². The predicted octanol–water partition coefficient (Wildman–Crippen LogP) is 3.22. The van der Waals surface area contributed by atoms with Crippen molar-refractivity contribution in [2.75, 3.05) is 13.7 Å². The van der Waals surface area contributed by atoms with E-state index < -0.39 is 34.4 Å². The lowest BCUT2D eigenvalue weighted by atomic mass is 9.98. The predicted molar refractivity (Wildman–Crippen MR) is 125 cm³/mol. The Kier molecular flexibility index (Phi) is 5.41. The van der Waals surface area contributed by atoms with Crippen LogP contribution in [0.4, 0.5) is 0 Å². The number of carbonyl (C=O) groups is 2. The highest BCUT2D eigenvalue weighted by molar-refractivity contribution is 7.90. The molecule has 2 amide bonds. The molecular formula is C25H21N3O5S. The van der Waals surface area contributed by atoms with Crippen LogP contribution < -0.4 is 4.74 Å². The number of rotatable bonds is 5. The van der Waals surface area contributed by atoms with Crippen molar-refractivity contribution < 1.29 is 22.7 Å². The van der Waals surface area contributed by atoms with E-state index in [-0.39, 0.29) is 10.5 Å². The van der Waals surface area contributed by atoms with Gasteiger partial charge in [0.1, 0.15) is 17.2 Å². The number of nitrogens with zero attached hydrogens (tertiary/aromatic N) is 3. The highest BCUT2D eigenvalue weighted by Gasteiger charge is 2.44. The van der Waals surface area contributed by atoms with Crippen LogP contribution in [0.25, 0.3) is 0 Å². The number of benzene rings is 3.